The van der Waals surface area contributed by atoms with E-state index >= 15 is 0 Å². The van der Waals surface area contributed by atoms with Crippen LogP contribution in [0.2, 0.25) is 0 Å². The molecule has 1 aromatic carbocycles. The molecular weight excluding hydrogens is 212 g/mol. The van der Waals surface area contributed by atoms with Gasteiger partial charge in [-0.3, -0.25) is 0 Å². The van der Waals surface area contributed by atoms with Gasteiger partial charge >= 0.3 is 5.97 Å². The van der Waals surface area contributed by atoms with Gasteiger partial charge in [0.1, 0.15) is 0 Å². The summed E-state index contributed by atoms with van der Waals surface area (Å²) in [5.41, 5.74) is 4.03. The van der Waals surface area contributed by atoms with E-state index in [0.717, 1.165) is 22.3 Å². The quantitative estimate of drug-likeness (QED) is 0.742. The zero-order valence-corrected chi connectivity index (χ0v) is 9.30. The SMILES string of the molecule is CC1=C(C(=O)O)C(Cl)c2c(C)cccc21. The van der Waals surface area contributed by atoms with Crippen LogP contribution in [0.1, 0.15) is 29.0 Å². The summed E-state index contributed by atoms with van der Waals surface area (Å²) in [5.74, 6) is -0.928. The Morgan fingerprint density at radius 2 is 2.07 bits per heavy atom. The number of benzene rings is 1. The topological polar surface area (TPSA) is 37.3 Å². The molecule has 1 aliphatic carbocycles. The number of rotatable bonds is 1. The summed E-state index contributed by atoms with van der Waals surface area (Å²) in [6, 6.07) is 5.79. The Morgan fingerprint density at radius 3 is 2.60 bits per heavy atom. The Kier molecular flexibility index (Phi) is 2.31. The van der Waals surface area contributed by atoms with Crippen molar-refractivity contribution in [1.82, 2.24) is 0 Å². The number of aliphatic carboxylic acids is 1. The first-order valence-corrected chi connectivity index (χ1v) is 5.15. The second-order valence-corrected chi connectivity index (χ2v) is 4.18. The molecule has 1 N–H and O–H groups in total. The van der Waals surface area contributed by atoms with E-state index in [4.69, 9.17) is 16.7 Å². The lowest BCUT2D eigenvalue weighted by Crippen LogP contribution is -2.04. The molecule has 0 saturated heterocycles. The minimum Gasteiger partial charge on any atom is -0.478 e. The molecule has 78 valence electrons. The zero-order chi connectivity index (χ0) is 11.2. The summed E-state index contributed by atoms with van der Waals surface area (Å²) < 4.78 is 0. The number of halogens is 1. The van der Waals surface area contributed by atoms with Crippen molar-refractivity contribution in [2.45, 2.75) is 19.2 Å². The number of aryl methyl sites for hydroxylation is 1. The third kappa shape index (κ3) is 1.37. The van der Waals surface area contributed by atoms with Crippen molar-refractivity contribution in [1.29, 1.82) is 0 Å². The van der Waals surface area contributed by atoms with Gasteiger partial charge in [0.2, 0.25) is 0 Å². The third-order valence-electron chi connectivity index (χ3n) is 2.87. The van der Waals surface area contributed by atoms with E-state index < -0.39 is 11.3 Å². The van der Waals surface area contributed by atoms with Crippen molar-refractivity contribution in [3.63, 3.8) is 0 Å². The van der Waals surface area contributed by atoms with Crippen molar-refractivity contribution in [2.75, 3.05) is 0 Å². The summed E-state index contributed by atoms with van der Waals surface area (Å²) in [7, 11) is 0. The van der Waals surface area contributed by atoms with Crippen molar-refractivity contribution in [2.24, 2.45) is 0 Å². The fourth-order valence-corrected chi connectivity index (χ4v) is 2.64. The summed E-state index contributed by atoms with van der Waals surface area (Å²) in [6.45, 7) is 3.76. The Balaban J connectivity index is 2.68. The highest BCUT2D eigenvalue weighted by Crippen LogP contribution is 2.45. The van der Waals surface area contributed by atoms with Crippen molar-refractivity contribution in [3.8, 4) is 0 Å². The molecule has 1 unspecified atom stereocenters. The standard InChI is InChI=1S/C12H11ClO2/c1-6-4-3-5-8-7(2)10(12(14)15)11(13)9(6)8/h3-5,11H,1-2H3,(H,14,15). The molecule has 0 spiro atoms. The molecule has 0 amide bonds. The van der Waals surface area contributed by atoms with Gasteiger partial charge in [-0.1, -0.05) is 18.2 Å². The first-order valence-electron chi connectivity index (χ1n) is 4.72. The Hall–Kier alpha value is -1.28. The van der Waals surface area contributed by atoms with Gasteiger partial charge in [-0.25, -0.2) is 4.79 Å². The molecule has 3 heteroatoms. The van der Waals surface area contributed by atoms with Crippen molar-refractivity contribution >= 4 is 23.1 Å². The monoisotopic (exact) mass is 222 g/mol. The van der Waals surface area contributed by atoms with Crippen molar-refractivity contribution < 1.29 is 9.90 Å². The third-order valence-corrected chi connectivity index (χ3v) is 3.31. The smallest absolute Gasteiger partial charge is 0.333 e. The number of alkyl halides is 1. The maximum absolute atomic E-state index is 11.1. The molecule has 1 aromatic rings. The van der Waals surface area contributed by atoms with E-state index in [0.29, 0.717) is 5.57 Å². The highest BCUT2D eigenvalue weighted by molar-refractivity contribution is 6.28. The van der Waals surface area contributed by atoms with Crippen LogP contribution < -0.4 is 0 Å². The van der Waals surface area contributed by atoms with E-state index in [-0.39, 0.29) is 0 Å². The Bertz CT molecular complexity index is 475. The molecule has 0 fully saturated rings. The van der Waals surface area contributed by atoms with E-state index in [1.54, 1.807) is 0 Å². The largest absolute Gasteiger partial charge is 0.478 e. The highest BCUT2D eigenvalue weighted by atomic mass is 35.5. The fourth-order valence-electron chi connectivity index (χ4n) is 2.09. The van der Waals surface area contributed by atoms with E-state index in [2.05, 4.69) is 0 Å². The number of hydrogen-bond acceptors (Lipinski definition) is 1. The van der Waals surface area contributed by atoms with Gasteiger partial charge in [0.05, 0.1) is 11.0 Å². The number of fused-ring (bicyclic) bond motifs is 1. The van der Waals surface area contributed by atoms with Crippen molar-refractivity contribution in [3.05, 3.63) is 40.5 Å². The van der Waals surface area contributed by atoms with Crippen LogP contribution in [0.4, 0.5) is 0 Å². The minimum absolute atomic E-state index is 0.306. The lowest BCUT2D eigenvalue weighted by molar-refractivity contribution is -0.132. The first-order chi connectivity index (χ1) is 7.04. The Labute approximate surface area is 93.2 Å². The summed E-state index contributed by atoms with van der Waals surface area (Å²) in [6.07, 6.45) is 0. The normalized spacial score (nSPS) is 19.3. The first kappa shape index (κ1) is 10.2. The number of hydrogen-bond donors (Lipinski definition) is 1. The molecule has 1 aliphatic rings. The second kappa shape index (κ2) is 3.38. The van der Waals surface area contributed by atoms with Gasteiger partial charge in [0.25, 0.3) is 0 Å². The van der Waals surface area contributed by atoms with Crippen LogP contribution in [0.3, 0.4) is 0 Å². The van der Waals surface area contributed by atoms with E-state index in [1.165, 1.54) is 0 Å². The van der Waals surface area contributed by atoms with Crippen LogP contribution >= 0.6 is 11.6 Å². The van der Waals surface area contributed by atoms with E-state index in [1.807, 2.05) is 32.0 Å². The number of carboxylic acid groups (broad SMARTS) is 1. The number of allylic oxidation sites excluding steroid dienone is 1. The summed E-state index contributed by atoms with van der Waals surface area (Å²) in [5, 5.41) is 8.56. The molecular formula is C12H11ClO2. The molecule has 0 aromatic heterocycles. The Morgan fingerprint density at radius 1 is 1.40 bits per heavy atom. The van der Waals surface area contributed by atoms with Gasteiger partial charge in [0, 0.05) is 0 Å². The van der Waals surface area contributed by atoms with Crippen LogP contribution in [0.5, 0.6) is 0 Å². The molecule has 0 aliphatic heterocycles. The molecule has 2 nitrogen and oxygen atoms in total. The van der Waals surface area contributed by atoms with Gasteiger partial charge in [-0.05, 0) is 36.1 Å². The molecule has 0 heterocycles. The lowest BCUT2D eigenvalue weighted by atomic mass is 10.0. The average Bonchev–Trinajstić information content (AvgIpc) is 2.40. The molecule has 0 radical (unpaired) electrons. The van der Waals surface area contributed by atoms with Gasteiger partial charge < -0.3 is 5.11 Å². The highest BCUT2D eigenvalue weighted by Gasteiger charge is 2.32. The molecule has 0 saturated carbocycles. The lowest BCUT2D eigenvalue weighted by Gasteiger charge is -2.08. The predicted octanol–water partition coefficient (Wildman–Crippen LogP) is 3.15. The van der Waals surface area contributed by atoms with Gasteiger partial charge in [0.15, 0.2) is 0 Å². The van der Waals surface area contributed by atoms with Crippen LogP contribution in [0.15, 0.2) is 23.8 Å². The second-order valence-electron chi connectivity index (χ2n) is 3.74. The minimum atomic E-state index is -0.928. The molecule has 0 bridgehead atoms. The van der Waals surface area contributed by atoms with Crippen LogP contribution in [0.25, 0.3) is 5.57 Å². The fraction of sp³-hybridized carbons (Fsp3) is 0.250. The molecule has 15 heavy (non-hydrogen) atoms. The molecule has 2 rings (SSSR count). The average molecular weight is 223 g/mol. The van der Waals surface area contributed by atoms with Gasteiger partial charge in [-0.2, -0.15) is 0 Å². The zero-order valence-electron chi connectivity index (χ0n) is 8.54. The summed E-state index contributed by atoms with van der Waals surface area (Å²) >= 11 is 6.17. The van der Waals surface area contributed by atoms with Crippen LogP contribution in [-0.4, -0.2) is 11.1 Å². The van der Waals surface area contributed by atoms with Gasteiger partial charge in [-0.15, -0.1) is 11.6 Å². The number of carbonyl (C=O) groups is 1. The predicted molar refractivity (Wildman–Crippen MR) is 60.0 cm³/mol. The summed E-state index contributed by atoms with van der Waals surface area (Å²) in [4.78, 5) is 11.1. The number of carboxylic acids is 1. The maximum Gasteiger partial charge on any atom is 0.333 e. The van der Waals surface area contributed by atoms with Crippen LogP contribution in [-0.2, 0) is 4.79 Å². The maximum atomic E-state index is 11.1. The van der Waals surface area contributed by atoms with Crippen LogP contribution in [0, 0.1) is 6.92 Å². The molecule has 1 atom stereocenters. The van der Waals surface area contributed by atoms with E-state index in [9.17, 15) is 4.79 Å².